The lowest BCUT2D eigenvalue weighted by molar-refractivity contribution is -0.139. The molecule has 0 saturated carbocycles. The van der Waals surface area contributed by atoms with Crippen LogP contribution in [-0.4, -0.2) is 42.3 Å². The number of nitrogens with one attached hydrogen (secondary N) is 1. The molecule has 1 aromatic carbocycles. The van der Waals surface area contributed by atoms with E-state index < -0.39 is 0 Å². The molecule has 1 N–H and O–H groups in total. The van der Waals surface area contributed by atoms with Gasteiger partial charge in [-0.3, -0.25) is 0 Å². The van der Waals surface area contributed by atoms with Gasteiger partial charge < -0.3 is 19.7 Å². The minimum Gasteiger partial charge on any atom is -0.463 e. The van der Waals surface area contributed by atoms with E-state index in [1.807, 2.05) is 30.9 Å². The standard InChI is InChI=1S/C18H23ClN2O3S/c1-5-24-17(22)15-12(3)21(11(2)10-23-4)18(25)20-16(15)13-6-8-14(19)9-7-13/h6-9,11,16H,5,10H2,1-4H3,(H,20,25)/t11-,16-/m0/s1. The fourth-order valence-corrected chi connectivity index (χ4v) is 3.54. The van der Waals surface area contributed by atoms with Gasteiger partial charge in [-0.25, -0.2) is 4.79 Å². The van der Waals surface area contributed by atoms with Gasteiger partial charge in [-0.1, -0.05) is 23.7 Å². The molecule has 5 nitrogen and oxygen atoms in total. The molecule has 0 spiro atoms. The highest BCUT2D eigenvalue weighted by molar-refractivity contribution is 7.80. The van der Waals surface area contributed by atoms with Gasteiger partial charge in [0.2, 0.25) is 0 Å². The van der Waals surface area contributed by atoms with Crippen LogP contribution in [0.2, 0.25) is 5.02 Å². The summed E-state index contributed by atoms with van der Waals surface area (Å²) >= 11 is 11.5. The van der Waals surface area contributed by atoms with Gasteiger partial charge in [-0.2, -0.15) is 0 Å². The lowest BCUT2D eigenvalue weighted by Crippen LogP contribution is -2.52. The summed E-state index contributed by atoms with van der Waals surface area (Å²) in [7, 11) is 1.64. The van der Waals surface area contributed by atoms with Crippen LogP contribution < -0.4 is 5.32 Å². The van der Waals surface area contributed by atoms with Gasteiger partial charge in [0.1, 0.15) is 0 Å². The van der Waals surface area contributed by atoms with Crippen LogP contribution in [0.5, 0.6) is 0 Å². The maximum Gasteiger partial charge on any atom is 0.338 e. The minimum atomic E-state index is -0.380. The maximum atomic E-state index is 12.6. The van der Waals surface area contributed by atoms with Crippen LogP contribution in [0, 0.1) is 0 Å². The van der Waals surface area contributed by atoms with Crippen molar-refractivity contribution in [1.82, 2.24) is 10.2 Å². The van der Waals surface area contributed by atoms with Crippen LogP contribution in [0.25, 0.3) is 0 Å². The van der Waals surface area contributed by atoms with Gasteiger partial charge in [0, 0.05) is 17.8 Å². The van der Waals surface area contributed by atoms with Crippen LogP contribution in [-0.2, 0) is 14.3 Å². The SMILES string of the molecule is CCOC(=O)C1=C(C)N([C@@H](C)COC)C(=S)N[C@H]1c1ccc(Cl)cc1. The Bertz CT molecular complexity index is 675. The van der Waals surface area contributed by atoms with Crippen LogP contribution >= 0.6 is 23.8 Å². The molecule has 0 unspecified atom stereocenters. The first kappa shape index (κ1) is 19.7. The van der Waals surface area contributed by atoms with E-state index in [1.165, 1.54) is 0 Å². The molecule has 0 bridgehead atoms. The van der Waals surface area contributed by atoms with E-state index in [0.717, 1.165) is 11.3 Å². The number of halogens is 1. The molecule has 2 atom stereocenters. The monoisotopic (exact) mass is 382 g/mol. The Balaban J connectivity index is 2.50. The van der Waals surface area contributed by atoms with Crippen molar-refractivity contribution in [3.63, 3.8) is 0 Å². The zero-order chi connectivity index (χ0) is 18.6. The molecule has 25 heavy (non-hydrogen) atoms. The fourth-order valence-electron chi connectivity index (χ4n) is 2.98. The van der Waals surface area contributed by atoms with Crippen molar-refractivity contribution in [2.75, 3.05) is 20.3 Å². The van der Waals surface area contributed by atoms with Crippen LogP contribution in [0.1, 0.15) is 32.4 Å². The second-order valence-electron chi connectivity index (χ2n) is 5.83. The van der Waals surface area contributed by atoms with Crippen molar-refractivity contribution >= 4 is 34.9 Å². The highest BCUT2D eigenvalue weighted by atomic mass is 35.5. The lowest BCUT2D eigenvalue weighted by atomic mass is 9.94. The van der Waals surface area contributed by atoms with E-state index in [9.17, 15) is 4.79 Å². The first-order chi connectivity index (χ1) is 11.9. The summed E-state index contributed by atoms with van der Waals surface area (Å²) in [6.45, 7) is 6.46. The molecule has 1 heterocycles. The van der Waals surface area contributed by atoms with Crippen molar-refractivity contribution in [3.8, 4) is 0 Å². The number of methoxy groups -OCH3 is 1. The molecule has 0 saturated heterocycles. The van der Waals surface area contributed by atoms with Crippen molar-refractivity contribution in [3.05, 3.63) is 46.1 Å². The Morgan fingerprint density at radius 1 is 1.40 bits per heavy atom. The maximum absolute atomic E-state index is 12.6. The molecule has 1 aliphatic heterocycles. The molecule has 0 radical (unpaired) electrons. The topological polar surface area (TPSA) is 50.8 Å². The molecule has 0 amide bonds. The summed E-state index contributed by atoms with van der Waals surface area (Å²) in [5.74, 6) is -0.357. The van der Waals surface area contributed by atoms with Crippen LogP contribution in [0.15, 0.2) is 35.5 Å². The number of carbonyl (C=O) groups is 1. The number of rotatable bonds is 6. The first-order valence-corrected chi connectivity index (χ1v) is 8.91. The molecular weight excluding hydrogens is 360 g/mol. The molecule has 1 aliphatic rings. The van der Waals surface area contributed by atoms with E-state index in [-0.39, 0.29) is 18.1 Å². The molecule has 0 fully saturated rings. The molecule has 1 aromatic rings. The average molecular weight is 383 g/mol. The highest BCUT2D eigenvalue weighted by Crippen LogP contribution is 2.33. The summed E-state index contributed by atoms with van der Waals surface area (Å²) < 4.78 is 10.5. The predicted molar refractivity (Wildman–Crippen MR) is 102 cm³/mol. The number of allylic oxidation sites excluding steroid dienone is 1. The Hall–Kier alpha value is -1.63. The summed E-state index contributed by atoms with van der Waals surface area (Å²) in [5.41, 5.74) is 2.21. The van der Waals surface area contributed by atoms with E-state index in [2.05, 4.69) is 5.32 Å². The van der Waals surface area contributed by atoms with Gasteiger partial charge in [-0.05, 0) is 50.7 Å². The van der Waals surface area contributed by atoms with Crippen molar-refractivity contribution in [2.45, 2.75) is 32.9 Å². The van der Waals surface area contributed by atoms with E-state index in [4.69, 9.17) is 33.3 Å². The number of carbonyl (C=O) groups excluding carboxylic acids is 1. The zero-order valence-corrected chi connectivity index (χ0v) is 16.4. The third kappa shape index (κ3) is 4.32. The Morgan fingerprint density at radius 2 is 2.04 bits per heavy atom. The number of esters is 1. The van der Waals surface area contributed by atoms with Crippen LogP contribution in [0.3, 0.4) is 0 Å². The Kier molecular flexibility index (Phi) is 6.81. The van der Waals surface area contributed by atoms with E-state index in [0.29, 0.717) is 28.9 Å². The van der Waals surface area contributed by atoms with Crippen molar-refractivity contribution < 1.29 is 14.3 Å². The molecule has 0 aliphatic carbocycles. The minimum absolute atomic E-state index is 0.0133. The van der Waals surface area contributed by atoms with E-state index in [1.54, 1.807) is 26.2 Å². The van der Waals surface area contributed by atoms with Gasteiger partial charge in [0.15, 0.2) is 5.11 Å². The third-order valence-electron chi connectivity index (χ3n) is 4.07. The lowest BCUT2D eigenvalue weighted by Gasteiger charge is -2.40. The third-order valence-corrected chi connectivity index (χ3v) is 4.64. The summed E-state index contributed by atoms with van der Waals surface area (Å²) in [4.78, 5) is 14.5. The normalized spacial score (nSPS) is 18.8. The molecule has 136 valence electrons. The van der Waals surface area contributed by atoms with Crippen molar-refractivity contribution in [2.24, 2.45) is 0 Å². The largest absolute Gasteiger partial charge is 0.463 e. The molecular formula is C18H23ClN2O3S. The number of benzene rings is 1. The number of hydrogen-bond donors (Lipinski definition) is 1. The number of ether oxygens (including phenoxy) is 2. The summed E-state index contributed by atoms with van der Waals surface area (Å²) in [6.07, 6.45) is 0. The van der Waals surface area contributed by atoms with Crippen molar-refractivity contribution in [1.29, 1.82) is 0 Å². The fraction of sp³-hybridized carbons (Fsp3) is 0.444. The molecule has 2 rings (SSSR count). The Labute approximate surface area is 158 Å². The number of nitrogens with zero attached hydrogens (tertiary/aromatic N) is 1. The number of thiocarbonyl (C=S) groups is 1. The zero-order valence-electron chi connectivity index (χ0n) is 14.8. The Morgan fingerprint density at radius 3 is 2.60 bits per heavy atom. The number of hydrogen-bond acceptors (Lipinski definition) is 4. The van der Waals surface area contributed by atoms with Gasteiger partial charge >= 0.3 is 5.97 Å². The van der Waals surface area contributed by atoms with Gasteiger partial charge in [0.05, 0.1) is 30.9 Å². The smallest absolute Gasteiger partial charge is 0.338 e. The van der Waals surface area contributed by atoms with E-state index >= 15 is 0 Å². The first-order valence-electron chi connectivity index (χ1n) is 8.12. The highest BCUT2D eigenvalue weighted by Gasteiger charge is 2.36. The summed E-state index contributed by atoms with van der Waals surface area (Å²) in [6, 6.07) is 6.95. The average Bonchev–Trinajstić information content (AvgIpc) is 2.55. The predicted octanol–water partition coefficient (Wildman–Crippen LogP) is 3.44. The molecule has 7 heteroatoms. The molecule has 0 aromatic heterocycles. The second-order valence-corrected chi connectivity index (χ2v) is 6.65. The second kappa shape index (κ2) is 8.65. The summed E-state index contributed by atoms with van der Waals surface area (Å²) in [5, 5.41) is 4.45. The van der Waals surface area contributed by atoms with Gasteiger partial charge in [-0.15, -0.1) is 0 Å². The van der Waals surface area contributed by atoms with Crippen LogP contribution in [0.4, 0.5) is 0 Å². The quantitative estimate of drug-likeness (QED) is 0.600. The van der Waals surface area contributed by atoms with Gasteiger partial charge in [0.25, 0.3) is 0 Å².